The highest BCUT2D eigenvalue weighted by Crippen LogP contribution is 2.72. The van der Waals surface area contributed by atoms with Crippen LogP contribution in [0.2, 0.25) is 0 Å². The average Bonchev–Trinajstić information content (AvgIpc) is 2.76. The highest BCUT2D eigenvalue weighted by Gasteiger charge is 2.67. The number of nitrogens with zero attached hydrogens (tertiary/aromatic N) is 1. The Kier molecular flexibility index (Phi) is 4.12. The van der Waals surface area contributed by atoms with E-state index in [0.717, 1.165) is 5.57 Å². The monoisotopic (exact) mass is 300 g/mol. The summed E-state index contributed by atoms with van der Waals surface area (Å²) >= 11 is 0. The van der Waals surface area contributed by atoms with Crippen LogP contribution >= 0.6 is 0 Å². The lowest BCUT2D eigenvalue weighted by molar-refractivity contribution is 0.226. The Hall–Kier alpha value is -1.77. The van der Waals surface area contributed by atoms with Gasteiger partial charge in [-0.2, -0.15) is 0 Å². The SMILES string of the molecule is C=C(/C=C\C=C/C)C1CN(C(N)=O)C=C1C1C(C)(C)C1(C)C. The minimum absolute atomic E-state index is 0.167. The van der Waals surface area contributed by atoms with E-state index < -0.39 is 0 Å². The van der Waals surface area contributed by atoms with Crippen molar-refractivity contribution < 1.29 is 4.79 Å². The van der Waals surface area contributed by atoms with Gasteiger partial charge in [-0.3, -0.25) is 0 Å². The van der Waals surface area contributed by atoms with Gasteiger partial charge in [-0.25, -0.2) is 4.79 Å². The third-order valence-corrected chi connectivity index (χ3v) is 5.79. The lowest BCUT2D eigenvalue weighted by atomic mass is 9.88. The molecule has 1 heterocycles. The summed E-state index contributed by atoms with van der Waals surface area (Å²) in [6.45, 7) is 16.0. The maximum absolute atomic E-state index is 11.6. The van der Waals surface area contributed by atoms with Crippen molar-refractivity contribution in [1.82, 2.24) is 4.90 Å². The molecule has 1 atom stereocenters. The first kappa shape index (κ1) is 16.6. The molecule has 1 aliphatic heterocycles. The van der Waals surface area contributed by atoms with E-state index in [0.29, 0.717) is 12.5 Å². The second kappa shape index (κ2) is 5.45. The quantitative estimate of drug-likeness (QED) is 0.775. The van der Waals surface area contributed by atoms with Crippen molar-refractivity contribution >= 4 is 6.03 Å². The number of hydrogen-bond donors (Lipinski definition) is 1. The van der Waals surface area contributed by atoms with Crippen LogP contribution in [0.25, 0.3) is 0 Å². The summed E-state index contributed by atoms with van der Waals surface area (Å²) in [7, 11) is 0. The summed E-state index contributed by atoms with van der Waals surface area (Å²) in [4.78, 5) is 13.2. The molecule has 2 aliphatic rings. The molecule has 0 bridgehead atoms. The van der Waals surface area contributed by atoms with Crippen molar-refractivity contribution in [3.8, 4) is 0 Å². The fourth-order valence-corrected chi connectivity index (χ4v) is 3.82. The normalized spacial score (nSPS) is 26.7. The first-order valence-corrected chi connectivity index (χ1v) is 7.90. The number of allylic oxidation sites excluding steroid dienone is 4. The van der Waals surface area contributed by atoms with Crippen LogP contribution in [0.15, 0.2) is 48.2 Å². The van der Waals surface area contributed by atoms with Gasteiger partial charge in [0.25, 0.3) is 0 Å². The minimum atomic E-state index is -0.388. The second-order valence-corrected chi connectivity index (χ2v) is 7.51. The van der Waals surface area contributed by atoms with Crippen LogP contribution in [0, 0.1) is 22.7 Å². The Labute approximate surface area is 134 Å². The molecule has 22 heavy (non-hydrogen) atoms. The standard InChI is InChI=1S/C19H28N2O/c1-7-8-9-10-13(2)14-11-21(17(20)22)12-15(14)16-18(3,4)19(16,5)6/h7-10,12,14,16H,2,11H2,1,3-6H3,(H2,20,22)/b8-7-,10-9-. The van der Waals surface area contributed by atoms with Crippen LogP contribution in [0.5, 0.6) is 0 Å². The highest BCUT2D eigenvalue weighted by atomic mass is 16.2. The third kappa shape index (κ3) is 2.53. The predicted molar refractivity (Wildman–Crippen MR) is 92.0 cm³/mol. The Morgan fingerprint density at radius 2 is 1.91 bits per heavy atom. The van der Waals surface area contributed by atoms with Gasteiger partial charge in [-0.15, -0.1) is 0 Å². The summed E-state index contributed by atoms with van der Waals surface area (Å²) < 4.78 is 0. The summed E-state index contributed by atoms with van der Waals surface area (Å²) in [6, 6.07) is -0.388. The first-order chi connectivity index (χ1) is 10.1. The molecular formula is C19H28N2O. The Morgan fingerprint density at radius 3 is 2.36 bits per heavy atom. The maximum atomic E-state index is 11.6. The molecular weight excluding hydrogens is 272 g/mol. The maximum Gasteiger partial charge on any atom is 0.318 e. The van der Waals surface area contributed by atoms with Crippen molar-refractivity contribution in [3.63, 3.8) is 0 Å². The van der Waals surface area contributed by atoms with E-state index in [1.54, 1.807) is 4.90 Å². The van der Waals surface area contributed by atoms with Crippen LogP contribution in [-0.2, 0) is 0 Å². The van der Waals surface area contributed by atoms with Gasteiger partial charge in [0, 0.05) is 18.7 Å². The van der Waals surface area contributed by atoms with E-state index in [4.69, 9.17) is 5.73 Å². The largest absolute Gasteiger partial charge is 0.351 e. The second-order valence-electron chi connectivity index (χ2n) is 7.51. The van der Waals surface area contributed by atoms with Crippen LogP contribution in [0.1, 0.15) is 34.6 Å². The number of amides is 2. The fraction of sp³-hybridized carbons (Fsp3) is 0.526. The van der Waals surface area contributed by atoms with E-state index in [-0.39, 0.29) is 22.8 Å². The van der Waals surface area contributed by atoms with Crippen LogP contribution < -0.4 is 5.73 Å². The zero-order valence-electron chi connectivity index (χ0n) is 14.4. The van der Waals surface area contributed by atoms with Crippen molar-refractivity contribution in [1.29, 1.82) is 0 Å². The van der Waals surface area contributed by atoms with Gasteiger partial charge in [0.15, 0.2) is 0 Å². The highest BCUT2D eigenvalue weighted by molar-refractivity contribution is 5.74. The van der Waals surface area contributed by atoms with Crippen LogP contribution in [0.3, 0.4) is 0 Å². The molecule has 1 fully saturated rings. The van der Waals surface area contributed by atoms with Gasteiger partial charge in [-0.1, -0.05) is 58.6 Å². The summed E-state index contributed by atoms with van der Waals surface area (Å²) in [5.74, 6) is 0.626. The molecule has 1 saturated carbocycles. The van der Waals surface area contributed by atoms with Gasteiger partial charge in [0.1, 0.15) is 0 Å². The predicted octanol–water partition coefficient (Wildman–Crippen LogP) is 4.25. The molecule has 0 aromatic carbocycles. The first-order valence-electron chi connectivity index (χ1n) is 7.90. The third-order valence-electron chi connectivity index (χ3n) is 5.79. The topological polar surface area (TPSA) is 46.3 Å². The lowest BCUT2D eigenvalue weighted by Gasteiger charge is -2.17. The van der Waals surface area contributed by atoms with Crippen molar-refractivity contribution in [3.05, 3.63) is 48.2 Å². The van der Waals surface area contributed by atoms with Gasteiger partial charge < -0.3 is 10.6 Å². The molecule has 0 spiro atoms. The van der Waals surface area contributed by atoms with Crippen LogP contribution in [0.4, 0.5) is 4.79 Å². The number of rotatable bonds is 4. The van der Waals surface area contributed by atoms with E-state index in [1.165, 1.54) is 5.57 Å². The molecule has 2 rings (SSSR count). The zero-order chi connectivity index (χ0) is 16.7. The molecule has 0 saturated heterocycles. The zero-order valence-corrected chi connectivity index (χ0v) is 14.4. The Morgan fingerprint density at radius 1 is 1.32 bits per heavy atom. The number of hydrogen-bond acceptors (Lipinski definition) is 1. The molecule has 0 aromatic rings. The minimum Gasteiger partial charge on any atom is -0.351 e. The molecule has 1 aliphatic carbocycles. The van der Waals surface area contributed by atoms with Gasteiger partial charge in [0.05, 0.1) is 0 Å². The summed E-state index contributed by atoms with van der Waals surface area (Å²) in [6.07, 6.45) is 9.96. The fourth-order valence-electron chi connectivity index (χ4n) is 3.82. The molecule has 2 N–H and O–H groups in total. The molecule has 0 aromatic heterocycles. The van der Waals surface area contributed by atoms with E-state index in [2.05, 4.69) is 34.3 Å². The van der Waals surface area contributed by atoms with Gasteiger partial charge in [-0.05, 0) is 34.8 Å². The Balaban J connectivity index is 2.29. The van der Waals surface area contributed by atoms with E-state index in [9.17, 15) is 4.79 Å². The summed E-state index contributed by atoms with van der Waals surface area (Å²) in [5, 5.41) is 0. The number of primary amides is 1. The summed E-state index contributed by atoms with van der Waals surface area (Å²) in [5.41, 5.74) is 8.28. The van der Waals surface area contributed by atoms with E-state index in [1.807, 2.05) is 37.4 Å². The van der Waals surface area contributed by atoms with Crippen molar-refractivity contribution in [2.45, 2.75) is 34.6 Å². The van der Waals surface area contributed by atoms with Gasteiger partial charge >= 0.3 is 6.03 Å². The molecule has 120 valence electrons. The number of nitrogens with two attached hydrogens (primary N) is 1. The smallest absolute Gasteiger partial charge is 0.318 e. The lowest BCUT2D eigenvalue weighted by Crippen LogP contribution is -2.31. The molecule has 2 amide bonds. The van der Waals surface area contributed by atoms with Gasteiger partial charge in [0.2, 0.25) is 0 Å². The average molecular weight is 300 g/mol. The van der Waals surface area contributed by atoms with Crippen molar-refractivity contribution in [2.75, 3.05) is 6.54 Å². The Bertz CT molecular complexity index is 564. The molecule has 1 unspecified atom stereocenters. The number of carbonyl (C=O) groups excluding carboxylic acids is 1. The number of urea groups is 1. The molecule has 0 radical (unpaired) electrons. The molecule has 3 heteroatoms. The number of carbonyl (C=O) groups is 1. The van der Waals surface area contributed by atoms with Crippen LogP contribution in [-0.4, -0.2) is 17.5 Å². The van der Waals surface area contributed by atoms with E-state index >= 15 is 0 Å². The van der Waals surface area contributed by atoms with Crippen molar-refractivity contribution in [2.24, 2.45) is 28.4 Å². The molecule has 3 nitrogen and oxygen atoms in total.